The number of nitrogens with zero attached hydrogens (tertiary/aromatic N) is 3. The highest BCUT2D eigenvalue weighted by molar-refractivity contribution is 6.05. The van der Waals surface area contributed by atoms with Gasteiger partial charge in [0.1, 0.15) is 11.5 Å². The van der Waals surface area contributed by atoms with Gasteiger partial charge in [-0.25, -0.2) is 4.99 Å². The van der Waals surface area contributed by atoms with Crippen molar-refractivity contribution in [3.63, 3.8) is 0 Å². The van der Waals surface area contributed by atoms with Crippen LogP contribution in [-0.4, -0.2) is 67.2 Å². The lowest BCUT2D eigenvalue weighted by atomic mass is 10.1. The molecule has 0 bridgehead atoms. The molecule has 0 aliphatic carbocycles. The number of allylic oxidation sites excluding steroid dienone is 2. The summed E-state index contributed by atoms with van der Waals surface area (Å²) < 4.78 is 11.1. The largest absolute Gasteiger partial charge is 0.496 e. The molecule has 0 aromatic rings. The minimum atomic E-state index is 0.0429. The zero-order chi connectivity index (χ0) is 17.9. The summed E-state index contributed by atoms with van der Waals surface area (Å²) in [7, 11) is 0. The number of aliphatic imine (C=N–C) groups is 1. The van der Waals surface area contributed by atoms with Crippen LogP contribution in [0.15, 0.2) is 40.2 Å². The average Bonchev–Trinajstić information content (AvgIpc) is 3.09. The van der Waals surface area contributed by atoms with Gasteiger partial charge < -0.3 is 24.6 Å². The molecule has 0 radical (unpaired) electrons. The van der Waals surface area contributed by atoms with E-state index in [0.29, 0.717) is 70.2 Å². The predicted molar refractivity (Wildman–Crippen MR) is 93.7 cm³/mol. The molecule has 0 aromatic heterocycles. The maximum Gasteiger partial charge on any atom is 0.222 e. The molecule has 4 heterocycles. The lowest BCUT2D eigenvalue weighted by molar-refractivity contribution is -0.135. The molecular weight excluding hydrogens is 336 g/mol. The van der Waals surface area contributed by atoms with E-state index in [0.717, 1.165) is 11.5 Å². The fraction of sp³-hybridized carbons (Fsp3) is 0.500. The van der Waals surface area contributed by atoms with Crippen molar-refractivity contribution < 1.29 is 19.1 Å². The molecule has 0 unspecified atom stereocenters. The molecule has 4 rings (SSSR count). The van der Waals surface area contributed by atoms with Crippen LogP contribution in [0.1, 0.15) is 19.3 Å². The fourth-order valence-corrected chi connectivity index (χ4v) is 3.34. The Kier molecular flexibility index (Phi) is 4.75. The highest BCUT2D eigenvalue weighted by Crippen LogP contribution is 2.31. The summed E-state index contributed by atoms with van der Waals surface area (Å²) in [6.45, 7) is 3.64. The summed E-state index contributed by atoms with van der Waals surface area (Å²) >= 11 is 0. The molecule has 0 saturated carbocycles. The van der Waals surface area contributed by atoms with Gasteiger partial charge in [0.15, 0.2) is 11.6 Å². The Labute approximate surface area is 151 Å². The van der Waals surface area contributed by atoms with Crippen LogP contribution in [-0.2, 0) is 19.1 Å². The molecule has 0 aromatic carbocycles. The van der Waals surface area contributed by atoms with E-state index >= 15 is 0 Å². The number of nitrogens with one attached hydrogen (secondary N) is 1. The van der Waals surface area contributed by atoms with E-state index in [2.05, 4.69) is 10.3 Å². The number of hydrogen-bond donors (Lipinski definition) is 1. The topological polar surface area (TPSA) is 83.5 Å². The van der Waals surface area contributed by atoms with Gasteiger partial charge in [0.25, 0.3) is 0 Å². The molecule has 8 heteroatoms. The SMILES string of the molecule is O=C1CC=NC2=C1NC=C1C=C(OCCCC(=O)N3CCOCC3)CN12. The van der Waals surface area contributed by atoms with Gasteiger partial charge >= 0.3 is 0 Å². The zero-order valence-corrected chi connectivity index (χ0v) is 14.6. The average molecular weight is 358 g/mol. The fourth-order valence-electron chi connectivity index (χ4n) is 3.34. The van der Waals surface area contributed by atoms with E-state index in [4.69, 9.17) is 9.47 Å². The number of rotatable bonds is 5. The molecule has 26 heavy (non-hydrogen) atoms. The van der Waals surface area contributed by atoms with E-state index in [1.54, 1.807) is 12.4 Å². The standard InChI is InChI=1S/C18H22N4O4/c23-15-3-4-19-18-17(15)20-11-13-10-14(12-22(13)18)26-7-1-2-16(24)21-5-8-25-9-6-21/h4,10-11,20H,1-3,5-9,12H2. The van der Waals surface area contributed by atoms with Crippen molar-refractivity contribution in [1.29, 1.82) is 0 Å². The summed E-state index contributed by atoms with van der Waals surface area (Å²) in [6.07, 6.45) is 6.87. The first-order valence-electron chi connectivity index (χ1n) is 8.95. The number of ketones is 1. The molecule has 0 atom stereocenters. The quantitative estimate of drug-likeness (QED) is 0.721. The number of ether oxygens (including phenoxy) is 2. The summed E-state index contributed by atoms with van der Waals surface area (Å²) in [6, 6.07) is 0. The molecule has 1 N–H and O–H groups in total. The number of morpholine rings is 1. The van der Waals surface area contributed by atoms with Crippen LogP contribution in [0.5, 0.6) is 0 Å². The molecule has 138 valence electrons. The van der Waals surface area contributed by atoms with E-state index < -0.39 is 0 Å². The molecule has 1 fully saturated rings. The molecular formula is C18H22N4O4. The molecule has 4 aliphatic heterocycles. The van der Waals surface area contributed by atoms with E-state index in [1.807, 2.05) is 15.9 Å². The van der Waals surface area contributed by atoms with Gasteiger partial charge in [-0.15, -0.1) is 0 Å². The van der Waals surface area contributed by atoms with Crippen LogP contribution >= 0.6 is 0 Å². The van der Waals surface area contributed by atoms with Gasteiger partial charge in [0.2, 0.25) is 5.91 Å². The number of hydrogen-bond acceptors (Lipinski definition) is 7. The van der Waals surface area contributed by atoms with E-state index in [1.165, 1.54) is 0 Å². The maximum absolute atomic E-state index is 12.1. The molecule has 8 nitrogen and oxygen atoms in total. The third-order valence-electron chi connectivity index (χ3n) is 4.73. The first-order chi connectivity index (χ1) is 12.7. The van der Waals surface area contributed by atoms with Crippen molar-refractivity contribution in [2.75, 3.05) is 39.5 Å². The third-order valence-corrected chi connectivity index (χ3v) is 4.73. The number of Topliss-reactive ketones (excluding diaryl/α,β-unsaturated/α-hetero) is 1. The van der Waals surface area contributed by atoms with Crippen molar-refractivity contribution in [2.24, 2.45) is 4.99 Å². The second kappa shape index (κ2) is 7.33. The first-order valence-corrected chi connectivity index (χ1v) is 8.95. The Morgan fingerprint density at radius 3 is 3.04 bits per heavy atom. The van der Waals surface area contributed by atoms with E-state index in [9.17, 15) is 9.59 Å². The molecule has 1 saturated heterocycles. The highest BCUT2D eigenvalue weighted by Gasteiger charge is 2.31. The molecule has 4 aliphatic rings. The first kappa shape index (κ1) is 16.8. The lowest BCUT2D eigenvalue weighted by Crippen LogP contribution is -2.40. The van der Waals surface area contributed by atoms with Crippen LogP contribution in [0.4, 0.5) is 0 Å². The van der Waals surface area contributed by atoms with Crippen LogP contribution in [0.25, 0.3) is 0 Å². The van der Waals surface area contributed by atoms with Crippen LogP contribution in [0, 0.1) is 0 Å². The summed E-state index contributed by atoms with van der Waals surface area (Å²) in [4.78, 5) is 32.2. The smallest absolute Gasteiger partial charge is 0.222 e. The number of fused-ring (bicyclic) bond motifs is 2. The number of amides is 1. The van der Waals surface area contributed by atoms with Crippen molar-refractivity contribution in [3.05, 3.63) is 35.3 Å². The Balaban J connectivity index is 1.25. The monoisotopic (exact) mass is 358 g/mol. The van der Waals surface area contributed by atoms with Gasteiger partial charge in [-0.3, -0.25) is 9.59 Å². The van der Waals surface area contributed by atoms with E-state index in [-0.39, 0.29) is 11.7 Å². The lowest BCUT2D eigenvalue weighted by Gasteiger charge is -2.28. The van der Waals surface area contributed by atoms with Crippen molar-refractivity contribution in [3.8, 4) is 0 Å². The zero-order valence-electron chi connectivity index (χ0n) is 14.6. The Morgan fingerprint density at radius 1 is 1.35 bits per heavy atom. The second-order valence-corrected chi connectivity index (χ2v) is 6.49. The predicted octanol–water partition coefficient (Wildman–Crippen LogP) is 0.499. The van der Waals surface area contributed by atoms with Crippen molar-refractivity contribution in [1.82, 2.24) is 15.1 Å². The van der Waals surface area contributed by atoms with Gasteiger partial charge in [-0.05, 0) is 6.42 Å². The number of carbonyl (C=O) groups is 2. The Hall–Kier alpha value is -2.61. The summed E-state index contributed by atoms with van der Waals surface area (Å²) in [5.41, 5.74) is 1.47. The van der Waals surface area contributed by atoms with Crippen molar-refractivity contribution >= 4 is 17.9 Å². The summed E-state index contributed by atoms with van der Waals surface area (Å²) in [5.74, 6) is 1.67. The minimum Gasteiger partial charge on any atom is -0.496 e. The molecule has 1 amide bonds. The highest BCUT2D eigenvalue weighted by atomic mass is 16.5. The third kappa shape index (κ3) is 3.37. The van der Waals surface area contributed by atoms with Gasteiger partial charge in [0.05, 0.1) is 32.1 Å². The second-order valence-electron chi connectivity index (χ2n) is 6.49. The maximum atomic E-state index is 12.1. The Morgan fingerprint density at radius 2 is 2.19 bits per heavy atom. The van der Waals surface area contributed by atoms with Gasteiger partial charge in [-0.2, -0.15) is 0 Å². The Bertz CT molecular complexity index is 731. The normalized spacial score (nSPS) is 21.8. The molecule has 0 spiro atoms. The van der Waals surface area contributed by atoms with Crippen molar-refractivity contribution in [2.45, 2.75) is 19.3 Å². The van der Waals surface area contributed by atoms with Crippen LogP contribution in [0.2, 0.25) is 0 Å². The van der Waals surface area contributed by atoms with Gasteiger partial charge in [-0.1, -0.05) is 0 Å². The van der Waals surface area contributed by atoms with Crippen LogP contribution < -0.4 is 5.32 Å². The summed E-state index contributed by atoms with van der Waals surface area (Å²) in [5, 5.41) is 3.03. The van der Waals surface area contributed by atoms with Gasteiger partial charge in [0, 0.05) is 44.4 Å². The van der Waals surface area contributed by atoms with Crippen LogP contribution in [0.3, 0.4) is 0 Å². The minimum absolute atomic E-state index is 0.0429. The number of carbonyl (C=O) groups excluding carboxylic acids is 2.